The Morgan fingerprint density at radius 1 is 1.03 bits per heavy atom. The average Bonchev–Trinajstić information content (AvgIpc) is 2.74. The van der Waals surface area contributed by atoms with Crippen molar-refractivity contribution in [1.29, 1.82) is 0 Å². The standard InChI is InChI=1S/C21H13Cl2N3O4/c22-18-10-14-12-25(21(27)30-16-4-2-1-3-5-16)24-20(17(14)11-19(18)23)13-6-8-15(9-7-13)26(28)29/h1-11H,12H2. The van der Waals surface area contributed by atoms with Crippen molar-refractivity contribution in [1.82, 2.24) is 5.01 Å². The fraction of sp³-hybridized carbons (Fsp3) is 0.0476. The minimum atomic E-state index is -0.669. The van der Waals surface area contributed by atoms with Gasteiger partial charge in [0.1, 0.15) is 5.75 Å². The second-order valence-corrected chi connectivity index (χ2v) is 7.23. The molecule has 0 saturated heterocycles. The Labute approximate surface area is 181 Å². The number of para-hydroxylation sites is 1. The molecule has 0 radical (unpaired) electrons. The van der Waals surface area contributed by atoms with Crippen molar-refractivity contribution < 1.29 is 14.5 Å². The van der Waals surface area contributed by atoms with Crippen LogP contribution in [0.5, 0.6) is 5.75 Å². The van der Waals surface area contributed by atoms with E-state index < -0.39 is 11.0 Å². The number of fused-ring (bicyclic) bond motifs is 1. The molecule has 1 aliphatic heterocycles. The number of carbonyl (C=O) groups is 1. The van der Waals surface area contributed by atoms with Crippen LogP contribution in [0.2, 0.25) is 10.0 Å². The molecule has 3 aromatic carbocycles. The number of halogens is 2. The molecule has 0 aromatic heterocycles. The van der Waals surface area contributed by atoms with Crippen LogP contribution in [0.3, 0.4) is 0 Å². The van der Waals surface area contributed by atoms with E-state index in [1.807, 2.05) is 6.07 Å². The SMILES string of the molecule is O=C(Oc1ccccc1)N1Cc2cc(Cl)c(Cl)cc2C(c2ccc([N+](=O)[O-])cc2)=N1. The molecule has 9 heteroatoms. The van der Waals surface area contributed by atoms with Crippen molar-refractivity contribution in [2.75, 3.05) is 0 Å². The highest BCUT2D eigenvalue weighted by Crippen LogP contribution is 2.32. The lowest BCUT2D eigenvalue weighted by molar-refractivity contribution is -0.384. The van der Waals surface area contributed by atoms with Gasteiger partial charge in [0.25, 0.3) is 5.69 Å². The van der Waals surface area contributed by atoms with Gasteiger partial charge in [-0.1, -0.05) is 41.4 Å². The molecule has 4 rings (SSSR count). The number of hydrazone groups is 1. The zero-order valence-corrected chi connectivity index (χ0v) is 16.8. The molecule has 1 amide bonds. The Balaban J connectivity index is 1.74. The molecule has 1 aliphatic rings. The molecule has 0 aliphatic carbocycles. The van der Waals surface area contributed by atoms with Crippen LogP contribution < -0.4 is 4.74 Å². The van der Waals surface area contributed by atoms with Gasteiger partial charge in [-0.25, -0.2) is 4.79 Å². The largest absolute Gasteiger partial charge is 0.436 e. The molecule has 3 aromatic rings. The van der Waals surface area contributed by atoms with Gasteiger partial charge >= 0.3 is 6.09 Å². The molecule has 1 heterocycles. The minimum Gasteiger partial charge on any atom is -0.409 e. The molecular formula is C21H13Cl2N3O4. The fourth-order valence-corrected chi connectivity index (χ4v) is 3.36. The maximum Gasteiger partial charge on any atom is 0.436 e. The van der Waals surface area contributed by atoms with Gasteiger partial charge in [0.05, 0.1) is 27.2 Å². The highest BCUT2D eigenvalue weighted by Gasteiger charge is 2.27. The summed E-state index contributed by atoms with van der Waals surface area (Å²) in [6, 6.07) is 17.8. The molecule has 150 valence electrons. The summed E-state index contributed by atoms with van der Waals surface area (Å²) in [5.41, 5.74) is 2.36. The fourth-order valence-electron chi connectivity index (χ4n) is 3.01. The Bertz CT molecular complexity index is 1160. The normalized spacial score (nSPS) is 12.7. The van der Waals surface area contributed by atoms with Gasteiger partial charge in [0.2, 0.25) is 0 Å². The Kier molecular flexibility index (Phi) is 5.39. The van der Waals surface area contributed by atoms with Gasteiger partial charge < -0.3 is 4.74 Å². The van der Waals surface area contributed by atoms with Crippen molar-refractivity contribution in [3.63, 3.8) is 0 Å². The maximum atomic E-state index is 12.7. The van der Waals surface area contributed by atoms with E-state index >= 15 is 0 Å². The number of nitrogens with zero attached hydrogens (tertiary/aromatic N) is 3. The van der Waals surface area contributed by atoms with Crippen LogP contribution in [0.15, 0.2) is 71.8 Å². The van der Waals surface area contributed by atoms with Crippen LogP contribution in [0.4, 0.5) is 10.5 Å². The first-order valence-corrected chi connectivity index (χ1v) is 9.54. The number of nitro benzene ring substituents is 1. The first-order chi connectivity index (χ1) is 14.4. The first-order valence-electron chi connectivity index (χ1n) is 8.78. The highest BCUT2D eigenvalue weighted by molar-refractivity contribution is 6.42. The number of rotatable bonds is 3. The van der Waals surface area contributed by atoms with Crippen LogP contribution in [-0.4, -0.2) is 21.7 Å². The van der Waals surface area contributed by atoms with E-state index in [0.29, 0.717) is 32.6 Å². The summed E-state index contributed by atoms with van der Waals surface area (Å²) in [6.07, 6.45) is -0.669. The van der Waals surface area contributed by atoms with Crippen LogP contribution in [0, 0.1) is 10.1 Å². The summed E-state index contributed by atoms with van der Waals surface area (Å²) in [6.45, 7) is 0.133. The van der Waals surface area contributed by atoms with Crippen molar-refractivity contribution in [2.45, 2.75) is 6.54 Å². The Morgan fingerprint density at radius 3 is 2.37 bits per heavy atom. The minimum absolute atomic E-state index is 0.0511. The van der Waals surface area contributed by atoms with E-state index in [1.54, 1.807) is 48.5 Å². The summed E-state index contributed by atoms with van der Waals surface area (Å²) in [5, 5.41) is 17.3. The van der Waals surface area contributed by atoms with Crippen LogP contribution >= 0.6 is 23.2 Å². The van der Waals surface area contributed by atoms with E-state index in [0.717, 1.165) is 5.56 Å². The molecule has 0 unspecified atom stereocenters. The second-order valence-electron chi connectivity index (χ2n) is 6.41. The van der Waals surface area contributed by atoms with E-state index in [-0.39, 0.29) is 12.2 Å². The molecule has 0 fully saturated rings. The highest BCUT2D eigenvalue weighted by atomic mass is 35.5. The van der Waals surface area contributed by atoms with Gasteiger partial charge in [0.15, 0.2) is 0 Å². The number of hydrogen-bond donors (Lipinski definition) is 0. The summed E-state index contributed by atoms with van der Waals surface area (Å²) in [4.78, 5) is 23.2. The van der Waals surface area contributed by atoms with Crippen molar-refractivity contribution in [2.24, 2.45) is 5.10 Å². The van der Waals surface area contributed by atoms with Gasteiger partial charge in [-0.05, 0) is 42.0 Å². The average molecular weight is 442 g/mol. The van der Waals surface area contributed by atoms with E-state index in [1.165, 1.54) is 17.1 Å². The molecule has 7 nitrogen and oxygen atoms in total. The summed E-state index contributed by atoms with van der Waals surface area (Å²) in [5.74, 6) is 0.384. The third-order valence-corrected chi connectivity index (χ3v) is 5.17. The Morgan fingerprint density at radius 2 is 1.70 bits per heavy atom. The topological polar surface area (TPSA) is 85.0 Å². The smallest absolute Gasteiger partial charge is 0.409 e. The zero-order valence-electron chi connectivity index (χ0n) is 15.3. The van der Waals surface area contributed by atoms with Crippen molar-refractivity contribution in [3.05, 3.63) is 104 Å². The number of ether oxygens (including phenoxy) is 1. The lowest BCUT2D eigenvalue weighted by Gasteiger charge is -2.26. The molecule has 30 heavy (non-hydrogen) atoms. The molecule has 0 atom stereocenters. The molecule has 0 spiro atoms. The molecule has 0 N–H and O–H groups in total. The van der Waals surface area contributed by atoms with Gasteiger partial charge in [-0.3, -0.25) is 10.1 Å². The van der Waals surface area contributed by atoms with Gasteiger partial charge in [-0.2, -0.15) is 10.1 Å². The van der Waals surface area contributed by atoms with Gasteiger partial charge in [0, 0.05) is 23.3 Å². The monoisotopic (exact) mass is 441 g/mol. The first kappa shape index (κ1) is 19.9. The van der Waals surface area contributed by atoms with Crippen LogP contribution in [0.25, 0.3) is 0 Å². The third kappa shape index (κ3) is 3.98. The Hall–Kier alpha value is -3.42. The number of nitro groups is 1. The summed E-state index contributed by atoms with van der Waals surface area (Å²) in [7, 11) is 0. The zero-order chi connectivity index (χ0) is 21.3. The van der Waals surface area contributed by atoms with E-state index in [2.05, 4.69) is 5.10 Å². The third-order valence-electron chi connectivity index (χ3n) is 4.45. The molecular weight excluding hydrogens is 429 g/mol. The summed E-state index contributed by atoms with van der Waals surface area (Å²) < 4.78 is 5.39. The van der Waals surface area contributed by atoms with E-state index in [4.69, 9.17) is 27.9 Å². The second kappa shape index (κ2) is 8.14. The summed E-state index contributed by atoms with van der Waals surface area (Å²) >= 11 is 12.4. The van der Waals surface area contributed by atoms with Crippen molar-refractivity contribution in [3.8, 4) is 5.75 Å². The number of benzene rings is 3. The maximum absolute atomic E-state index is 12.7. The van der Waals surface area contributed by atoms with Crippen LogP contribution in [-0.2, 0) is 6.54 Å². The van der Waals surface area contributed by atoms with E-state index in [9.17, 15) is 14.9 Å². The van der Waals surface area contributed by atoms with Crippen LogP contribution in [0.1, 0.15) is 16.7 Å². The van der Waals surface area contributed by atoms with Crippen molar-refractivity contribution >= 4 is 40.7 Å². The predicted octanol–water partition coefficient (Wildman–Crippen LogP) is 5.67. The quantitative estimate of drug-likeness (QED) is 0.387. The number of amides is 1. The number of hydrogen-bond acceptors (Lipinski definition) is 5. The number of carbonyl (C=O) groups excluding carboxylic acids is 1. The molecule has 0 bridgehead atoms. The molecule has 0 saturated carbocycles. The lowest BCUT2D eigenvalue weighted by Crippen LogP contribution is -2.33. The van der Waals surface area contributed by atoms with Gasteiger partial charge in [-0.15, -0.1) is 0 Å². The number of non-ortho nitro benzene ring substituents is 1. The lowest BCUT2D eigenvalue weighted by atomic mass is 9.96. The predicted molar refractivity (Wildman–Crippen MR) is 113 cm³/mol.